The van der Waals surface area contributed by atoms with Crippen molar-refractivity contribution in [1.29, 1.82) is 0 Å². The fraction of sp³-hybridized carbons (Fsp3) is 0.318. The monoisotopic (exact) mass is 352 g/mol. The van der Waals surface area contributed by atoms with Crippen molar-refractivity contribution in [1.82, 2.24) is 0 Å². The number of fused-ring (bicyclic) bond motifs is 1. The number of hydrogen-bond acceptors (Lipinski definition) is 4. The Morgan fingerprint density at radius 1 is 1.08 bits per heavy atom. The minimum Gasteiger partial charge on any atom is -0.508 e. The van der Waals surface area contributed by atoms with E-state index in [2.05, 4.69) is 12.1 Å². The van der Waals surface area contributed by atoms with E-state index in [1.807, 2.05) is 32.9 Å². The summed E-state index contributed by atoms with van der Waals surface area (Å²) in [6.45, 7) is 6.07. The summed E-state index contributed by atoms with van der Waals surface area (Å²) in [5.74, 6) is 0.424. The van der Waals surface area contributed by atoms with E-state index in [0.29, 0.717) is 5.56 Å². The number of esters is 1. The smallest absolute Gasteiger partial charge is 0.338 e. The molecule has 0 bridgehead atoms. The summed E-state index contributed by atoms with van der Waals surface area (Å²) in [5, 5.41) is 9.78. The highest BCUT2D eigenvalue weighted by Gasteiger charge is 2.22. The number of carbonyl (C=O) groups is 1. The molecule has 0 fully saturated rings. The van der Waals surface area contributed by atoms with E-state index in [0.717, 1.165) is 35.3 Å². The molecular weight excluding hydrogens is 328 g/mol. The SMILES string of the molecule is COC(=O)c1cc(O)ccc1C1=CCCc2cc(OC(C)(C)C)ccc21. The van der Waals surface area contributed by atoms with Gasteiger partial charge in [-0.3, -0.25) is 0 Å². The van der Waals surface area contributed by atoms with Gasteiger partial charge in [-0.25, -0.2) is 4.79 Å². The van der Waals surface area contributed by atoms with Gasteiger partial charge in [0.25, 0.3) is 0 Å². The number of phenols is 1. The molecule has 0 spiro atoms. The summed E-state index contributed by atoms with van der Waals surface area (Å²) in [4.78, 5) is 12.2. The van der Waals surface area contributed by atoms with Crippen molar-refractivity contribution >= 4 is 11.5 Å². The molecular formula is C22H24O4. The molecule has 0 heterocycles. The van der Waals surface area contributed by atoms with Crippen LogP contribution in [0.2, 0.25) is 0 Å². The second kappa shape index (κ2) is 6.87. The number of carbonyl (C=O) groups excluding carboxylic acids is 1. The quantitative estimate of drug-likeness (QED) is 0.811. The van der Waals surface area contributed by atoms with Crippen LogP contribution in [0.3, 0.4) is 0 Å². The van der Waals surface area contributed by atoms with Crippen LogP contribution in [0.1, 0.15) is 54.2 Å². The largest absolute Gasteiger partial charge is 0.508 e. The topological polar surface area (TPSA) is 55.8 Å². The number of aromatic hydroxyl groups is 1. The molecule has 1 aliphatic carbocycles. The molecule has 0 aromatic heterocycles. The summed E-state index contributed by atoms with van der Waals surface area (Å²) in [6.07, 6.45) is 3.93. The maximum atomic E-state index is 12.2. The van der Waals surface area contributed by atoms with Crippen molar-refractivity contribution < 1.29 is 19.4 Å². The maximum Gasteiger partial charge on any atom is 0.338 e. The van der Waals surface area contributed by atoms with Crippen molar-refractivity contribution in [3.8, 4) is 11.5 Å². The molecule has 0 amide bonds. The molecule has 1 N–H and O–H groups in total. The minimum atomic E-state index is -0.461. The van der Waals surface area contributed by atoms with Gasteiger partial charge in [-0.2, -0.15) is 0 Å². The number of rotatable bonds is 3. The zero-order valence-electron chi connectivity index (χ0n) is 15.6. The van der Waals surface area contributed by atoms with E-state index < -0.39 is 5.97 Å². The summed E-state index contributed by atoms with van der Waals surface area (Å²) in [6, 6.07) is 10.9. The van der Waals surface area contributed by atoms with Gasteiger partial charge in [-0.05, 0) is 86.2 Å². The third-order valence-electron chi connectivity index (χ3n) is 4.25. The Balaban J connectivity index is 2.05. The maximum absolute atomic E-state index is 12.2. The zero-order chi connectivity index (χ0) is 18.9. The predicted octanol–water partition coefficient (Wildman–Crippen LogP) is 4.73. The number of aryl methyl sites for hydroxylation is 1. The second-order valence-electron chi connectivity index (χ2n) is 7.41. The molecule has 4 heteroatoms. The normalized spacial score (nSPS) is 13.6. The van der Waals surface area contributed by atoms with E-state index in [9.17, 15) is 9.90 Å². The van der Waals surface area contributed by atoms with Crippen molar-refractivity contribution in [2.75, 3.05) is 7.11 Å². The van der Waals surface area contributed by atoms with Gasteiger partial charge in [0.05, 0.1) is 12.7 Å². The number of hydrogen-bond donors (Lipinski definition) is 1. The van der Waals surface area contributed by atoms with Gasteiger partial charge in [-0.15, -0.1) is 0 Å². The van der Waals surface area contributed by atoms with Crippen molar-refractivity contribution in [3.05, 3.63) is 64.7 Å². The van der Waals surface area contributed by atoms with Gasteiger partial charge in [0.15, 0.2) is 0 Å². The Morgan fingerprint density at radius 3 is 2.50 bits per heavy atom. The van der Waals surface area contributed by atoms with Gasteiger partial charge >= 0.3 is 5.97 Å². The third-order valence-corrected chi connectivity index (χ3v) is 4.25. The first-order valence-corrected chi connectivity index (χ1v) is 8.72. The summed E-state index contributed by atoms with van der Waals surface area (Å²) in [7, 11) is 1.34. The number of allylic oxidation sites excluding steroid dienone is 1. The number of ether oxygens (including phenoxy) is 2. The summed E-state index contributed by atoms with van der Waals surface area (Å²) >= 11 is 0. The number of benzene rings is 2. The lowest BCUT2D eigenvalue weighted by molar-refractivity contribution is 0.0600. The van der Waals surface area contributed by atoms with Gasteiger partial charge in [0.1, 0.15) is 17.1 Å². The van der Waals surface area contributed by atoms with Crippen molar-refractivity contribution in [2.24, 2.45) is 0 Å². The minimum absolute atomic E-state index is 0.0414. The molecule has 136 valence electrons. The standard InChI is InChI=1S/C22H24O4/c1-22(2,3)26-16-9-11-17-14(12-16)6-5-7-18(17)19-10-8-15(23)13-20(19)21(24)25-4/h7-13,23H,5-6H2,1-4H3. The molecule has 0 saturated heterocycles. The molecule has 2 aromatic carbocycles. The Bertz CT molecular complexity index is 872. The molecule has 0 radical (unpaired) electrons. The van der Waals surface area contributed by atoms with E-state index in [1.54, 1.807) is 12.1 Å². The van der Waals surface area contributed by atoms with Crippen molar-refractivity contribution in [2.45, 2.75) is 39.2 Å². The average molecular weight is 352 g/mol. The summed E-state index contributed by atoms with van der Waals surface area (Å²) < 4.78 is 10.9. The Kier molecular flexibility index (Phi) is 4.77. The Morgan fingerprint density at radius 2 is 1.81 bits per heavy atom. The van der Waals surface area contributed by atoms with Crippen LogP contribution < -0.4 is 4.74 Å². The lowest BCUT2D eigenvalue weighted by atomic mass is 9.85. The lowest BCUT2D eigenvalue weighted by Crippen LogP contribution is -2.23. The molecule has 0 atom stereocenters. The van der Waals surface area contributed by atoms with Gasteiger partial charge in [-0.1, -0.05) is 12.1 Å². The highest BCUT2D eigenvalue weighted by atomic mass is 16.5. The van der Waals surface area contributed by atoms with Crippen LogP contribution in [-0.2, 0) is 11.2 Å². The van der Waals surface area contributed by atoms with Crippen LogP contribution >= 0.6 is 0 Å². The first-order chi connectivity index (χ1) is 12.3. The Hall–Kier alpha value is -2.75. The highest BCUT2D eigenvalue weighted by Crippen LogP contribution is 2.36. The molecule has 4 nitrogen and oxygen atoms in total. The molecule has 2 aromatic rings. The molecule has 0 unspecified atom stereocenters. The van der Waals surface area contributed by atoms with E-state index >= 15 is 0 Å². The molecule has 0 saturated carbocycles. The zero-order valence-corrected chi connectivity index (χ0v) is 15.6. The Labute approximate surface area is 154 Å². The van der Waals surface area contributed by atoms with E-state index in [1.165, 1.54) is 18.7 Å². The van der Waals surface area contributed by atoms with Gasteiger partial charge in [0.2, 0.25) is 0 Å². The average Bonchev–Trinajstić information content (AvgIpc) is 2.59. The fourth-order valence-corrected chi connectivity index (χ4v) is 3.24. The lowest BCUT2D eigenvalue weighted by Gasteiger charge is -2.24. The van der Waals surface area contributed by atoms with Gasteiger partial charge < -0.3 is 14.6 Å². The fourth-order valence-electron chi connectivity index (χ4n) is 3.24. The summed E-state index contributed by atoms with van der Waals surface area (Å²) in [5.41, 5.74) is 4.12. The highest BCUT2D eigenvalue weighted by molar-refractivity contribution is 5.99. The van der Waals surface area contributed by atoms with Crippen LogP contribution in [0, 0.1) is 0 Å². The van der Waals surface area contributed by atoms with E-state index in [-0.39, 0.29) is 11.4 Å². The van der Waals surface area contributed by atoms with Crippen LogP contribution in [-0.4, -0.2) is 23.8 Å². The molecule has 0 aliphatic heterocycles. The van der Waals surface area contributed by atoms with Gasteiger partial charge in [0, 0.05) is 0 Å². The molecule has 3 rings (SSSR count). The van der Waals surface area contributed by atoms with Crippen LogP contribution in [0.25, 0.3) is 5.57 Å². The van der Waals surface area contributed by atoms with E-state index in [4.69, 9.17) is 9.47 Å². The van der Waals surface area contributed by atoms with Crippen molar-refractivity contribution in [3.63, 3.8) is 0 Å². The second-order valence-corrected chi connectivity index (χ2v) is 7.41. The number of phenolic OH excluding ortho intramolecular Hbond substituents is 1. The molecule has 26 heavy (non-hydrogen) atoms. The van der Waals surface area contributed by atoms with Crippen LogP contribution in [0.5, 0.6) is 11.5 Å². The van der Waals surface area contributed by atoms with Crippen LogP contribution in [0.4, 0.5) is 0 Å². The first kappa shape index (κ1) is 18.1. The third kappa shape index (κ3) is 3.74. The number of methoxy groups -OCH3 is 1. The van der Waals surface area contributed by atoms with Crippen LogP contribution in [0.15, 0.2) is 42.5 Å². The predicted molar refractivity (Wildman–Crippen MR) is 102 cm³/mol. The first-order valence-electron chi connectivity index (χ1n) is 8.72. The molecule has 1 aliphatic rings.